The van der Waals surface area contributed by atoms with Crippen molar-refractivity contribution >= 4 is 32.5 Å². The van der Waals surface area contributed by atoms with Crippen molar-refractivity contribution in [3.8, 4) is 0 Å². The lowest BCUT2D eigenvalue weighted by molar-refractivity contribution is 0.469. The number of benzene rings is 1. The summed E-state index contributed by atoms with van der Waals surface area (Å²) in [5, 5.41) is 1.90. The van der Waals surface area contributed by atoms with Gasteiger partial charge in [0, 0.05) is 24.5 Å². The predicted octanol–water partition coefficient (Wildman–Crippen LogP) is 2.00. The number of rotatable bonds is 4. The molecule has 1 N–H and O–H groups in total. The van der Waals surface area contributed by atoms with Gasteiger partial charge in [0.2, 0.25) is 10.0 Å². The number of sulfonamides is 1. The van der Waals surface area contributed by atoms with Gasteiger partial charge in [-0.2, -0.15) is 4.31 Å². The van der Waals surface area contributed by atoms with Crippen molar-refractivity contribution in [1.82, 2.24) is 9.29 Å². The Morgan fingerprint density at radius 1 is 1.33 bits per heavy atom. The summed E-state index contributed by atoms with van der Waals surface area (Å²) in [4.78, 5) is 14.6. The number of hydrogen-bond acceptors (Lipinski definition) is 5. The van der Waals surface area contributed by atoms with E-state index in [-0.39, 0.29) is 10.5 Å². The van der Waals surface area contributed by atoms with Crippen LogP contribution in [0.15, 0.2) is 49.8 Å². The molecule has 1 aromatic carbocycles. The number of hydrogen-bond donors (Lipinski definition) is 1. The minimum absolute atomic E-state index is 0.0943. The van der Waals surface area contributed by atoms with E-state index in [1.54, 1.807) is 0 Å². The number of nitrogens with zero attached hydrogens (tertiary/aromatic N) is 1. The molecule has 3 rings (SSSR count). The van der Waals surface area contributed by atoms with Crippen LogP contribution in [-0.2, 0) is 16.6 Å². The summed E-state index contributed by atoms with van der Waals surface area (Å²) in [7, 11) is -2.11. The molecule has 0 saturated heterocycles. The van der Waals surface area contributed by atoms with Crippen LogP contribution < -0.4 is 5.76 Å². The molecule has 0 fully saturated rings. The lowest BCUT2D eigenvalue weighted by atomic mass is 10.3. The first-order valence-corrected chi connectivity index (χ1v) is 8.40. The van der Waals surface area contributed by atoms with Crippen molar-refractivity contribution in [3.63, 3.8) is 0 Å². The molecule has 6 nitrogen and oxygen atoms in total. The molecule has 0 saturated carbocycles. The van der Waals surface area contributed by atoms with Crippen LogP contribution in [0, 0.1) is 0 Å². The highest BCUT2D eigenvalue weighted by atomic mass is 32.2. The van der Waals surface area contributed by atoms with Gasteiger partial charge in [0.15, 0.2) is 5.58 Å². The fourth-order valence-corrected chi connectivity index (χ4v) is 3.98. The fraction of sp³-hybridized carbons (Fsp3) is 0.154. The van der Waals surface area contributed by atoms with Gasteiger partial charge in [-0.1, -0.05) is 6.07 Å². The minimum Gasteiger partial charge on any atom is -0.408 e. The molecule has 0 aliphatic carbocycles. The molecule has 21 heavy (non-hydrogen) atoms. The Kier molecular flexibility index (Phi) is 3.44. The molecule has 0 aliphatic heterocycles. The van der Waals surface area contributed by atoms with Gasteiger partial charge in [-0.05, 0) is 23.6 Å². The van der Waals surface area contributed by atoms with Crippen molar-refractivity contribution in [2.45, 2.75) is 11.4 Å². The van der Waals surface area contributed by atoms with Crippen LogP contribution in [0.3, 0.4) is 0 Å². The molecule has 0 amide bonds. The molecule has 110 valence electrons. The first kappa shape index (κ1) is 14.1. The van der Waals surface area contributed by atoms with Gasteiger partial charge in [-0.3, -0.25) is 4.98 Å². The molecule has 2 aromatic heterocycles. The summed E-state index contributed by atoms with van der Waals surface area (Å²) in [6, 6.07) is 8.08. The minimum atomic E-state index is -3.63. The highest BCUT2D eigenvalue weighted by Crippen LogP contribution is 2.21. The second kappa shape index (κ2) is 5.14. The Morgan fingerprint density at radius 3 is 2.86 bits per heavy atom. The van der Waals surface area contributed by atoms with Crippen molar-refractivity contribution in [2.24, 2.45) is 0 Å². The summed E-state index contributed by atoms with van der Waals surface area (Å²) < 4.78 is 31.2. The standard InChI is InChI=1S/C13H12N2O4S2/c1-15(8-9-3-2-6-20-9)21(17,18)10-4-5-11-12(7-10)19-13(16)14-11/h2-7H,8H2,1H3,(H,14,16). The summed E-state index contributed by atoms with van der Waals surface area (Å²) in [6.07, 6.45) is 0. The highest BCUT2D eigenvalue weighted by Gasteiger charge is 2.22. The molecule has 0 spiro atoms. The topological polar surface area (TPSA) is 83.4 Å². The Balaban J connectivity index is 1.96. The molecular weight excluding hydrogens is 312 g/mol. The third-order valence-electron chi connectivity index (χ3n) is 3.06. The molecule has 3 aromatic rings. The van der Waals surface area contributed by atoms with Crippen molar-refractivity contribution < 1.29 is 12.8 Å². The Bertz CT molecular complexity index is 923. The monoisotopic (exact) mass is 324 g/mol. The van der Waals surface area contributed by atoms with Crippen molar-refractivity contribution in [2.75, 3.05) is 7.05 Å². The largest absolute Gasteiger partial charge is 0.417 e. The first-order chi connectivity index (χ1) is 9.96. The van der Waals surface area contributed by atoms with Gasteiger partial charge >= 0.3 is 5.76 Å². The lowest BCUT2D eigenvalue weighted by Gasteiger charge is -2.16. The van der Waals surface area contributed by atoms with Gasteiger partial charge in [0.1, 0.15) is 0 Å². The zero-order chi connectivity index (χ0) is 15.0. The average molecular weight is 324 g/mol. The van der Waals surface area contributed by atoms with Crippen LogP contribution in [0.2, 0.25) is 0 Å². The van der Waals surface area contributed by atoms with E-state index in [1.807, 2.05) is 17.5 Å². The average Bonchev–Trinajstić information content (AvgIpc) is 3.05. The van der Waals surface area contributed by atoms with E-state index in [2.05, 4.69) is 4.98 Å². The molecule has 0 radical (unpaired) electrons. The van der Waals surface area contributed by atoms with E-state index in [0.717, 1.165) is 4.88 Å². The SMILES string of the molecule is CN(Cc1cccs1)S(=O)(=O)c1ccc2[nH]c(=O)oc2c1. The van der Waals surface area contributed by atoms with E-state index in [4.69, 9.17) is 4.42 Å². The maximum Gasteiger partial charge on any atom is 0.417 e. The third-order valence-corrected chi connectivity index (χ3v) is 5.72. The number of thiophene rings is 1. The zero-order valence-electron chi connectivity index (χ0n) is 11.1. The quantitative estimate of drug-likeness (QED) is 0.795. The molecular formula is C13H12N2O4S2. The van der Waals surface area contributed by atoms with E-state index in [9.17, 15) is 13.2 Å². The fourth-order valence-electron chi connectivity index (χ4n) is 1.97. The molecule has 8 heteroatoms. The van der Waals surface area contributed by atoms with E-state index < -0.39 is 15.8 Å². The maximum atomic E-state index is 12.5. The van der Waals surface area contributed by atoms with Crippen molar-refractivity contribution in [3.05, 3.63) is 51.1 Å². The molecule has 0 bridgehead atoms. The smallest absolute Gasteiger partial charge is 0.408 e. The van der Waals surface area contributed by atoms with Crippen LogP contribution >= 0.6 is 11.3 Å². The van der Waals surface area contributed by atoms with Crippen molar-refractivity contribution in [1.29, 1.82) is 0 Å². The van der Waals surface area contributed by atoms with Crippen LogP contribution in [0.25, 0.3) is 11.1 Å². The third kappa shape index (κ3) is 2.65. The van der Waals surface area contributed by atoms with Gasteiger partial charge in [0.25, 0.3) is 0 Å². The second-order valence-corrected chi connectivity index (χ2v) is 7.59. The summed E-state index contributed by atoms with van der Waals surface area (Å²) >= 11 is 1.50. The number of nitrogens with one attached hydrogen (secondary N) is 1. The predicted molar refractivity (Wildman–Crippen MR) is 79.8 cm³/mol. The maximum absolute atomic E-state index is 12.5. The van der Waals surface area contributed by atoms with E-state index >= 15 is 0 Å². The highest BCUT2D eigenvalue weighted by molar-refractivity contribution is 7.89. The normalized spacial score (nSPS) is 12.3. The van der Waals surface area contributed by atoms with Gasteiger partial charge < -0.3 is 4.42 Å². The number of fused-ring (bicyclic) bond motifs is 1. The number of H-pyrrole nitrogens is 1. The summed E-state index contributed by atoms with van der Waals surface area (Å²) in [6.45, 7) is 0.301. The Hall–Kier alpha value is -1.90. The van der Waals surface area contributed by atoms with E-state index in [1.165, 1.54) is 40.9 Å². The number of aromatic nitrogens is 1. The summed E-state index contributed by atoms with van der Waals surface area (Å²) in [5.74, 6) is -0.605. The number of aromatic amines is 1. The van der Waals surface area contributed by atoms with Crippen LogP contribution in [0.4, 0.5) is 0 Å². The molecule has 0 unspecified atom stereocenters. The molecule has 0 aliphatic rings. The lowest BCUT2D eigenvalue weighted by Crippen LogP contribution is -2.26. The van der Waals surface area contributed by atoms with Gasteiger partial charge in [0.05, 0.1) is 10.4 Å². The summed E-state index contributed by atoms with van der Waals surface area (Å²) in [5.41, 5.74) is 0.699. The van der Waals surface area contributed by atoms with E-state index in [0.29, 0.717) is 12.1 Å². The van der Waals surface area contributed by atoms with Crippen LogP contribution in [0.1, 0.15) is 4.88 Å². The molecule has 2 heterocycles. The first-order valence-electron chi connectivity index (χ1n) is 6.08. The van der Waals surface area contributed by atoms with Gasteiger partial charge in [-0.25, -0.2) is 13.2 Å². The second-order valence-electron chi connectivity index (χ2n) is 4.51. The van der Waals surface area contributed by atoms with Gasteiger partial charge in [-0.15, -0.1) is 11.3 Å². The Labute approximate surface area is 124 Å². The van der Waals surface area contributed by atoms with Crippen LogP contribution in [-0.4, -0.2) is 24.8 Å². The molecule has 0 atom stereocenters. The zero-order valence-corrected chi connectivity index (χ0v) is 12.7. The Morgan fingerprint density at radius 2 is 2.14 bits per heavy atom. The number of oxazole rings is 1. The van der Waals surface area contributed by atoms with Crippen LogP contribution in [0.5, 0.6) is 0 Å².